The number of rotatable bonds is 8. The summed E-state index contributed by atoms with van der Waals surface area (Å²) in [5.74, 6) is 1.05. The van der Waals surface area contributed by atoms with Gasteiger partial charge in [-0.2, -0.15) is 13.2 Å². The second kappa shape index (κ2) is 11.1. The van der Waals surface area contributed by atoms with Crippen LogP contribution >= 0.6 is 0 Å². The zero-order chi connectivity index (χ0) is 22.0. The molecule has 2 rings (SSSR count). The molecule has 1 amide bonds. The van der Waals surface area contributed by atoms with Crippen molar-refractivity contribution in [2.75, 3.05) is 32.1 Å². The van der Waals surface area contributed by atoms with Crippen molar-refractivity contribution in [3.8, 4) is 5.75 Å². The van der Waals surface area contributed by atoms with Gasteiger partial charge < -0.3 is 20.7 Å². The van der Waals surface area contributed by atoms with E-state index in [4.69, 9.17) is 4.74 Å². The Balaban J connectivity index is 1.69. The molecule has 0 bridgehead atoms. The van der Waals surface area contributed by atoms with Crippen molar-refractivity contribution in [2.24, 2.45) is 4.99 Å². The number of guanidine groups is 1. The minimum absolute atomic E-state index is 0.153. The fourth-order valence-electron chi connectivity index (χ4n) is 2.61. The summed E-state index contributed by atoms with van der Waals surface area (Å²) in [6.07, 6.45) is -3.76. The van der Waals surface area contributed by atoms with Gasteiger partial charge in [-0.25, -0.2) is 0 Å². The van der Waals surface area contributed by atoms with Crippen molar-refractivity contribution < 1.29 is 22.7 Å². The van der Waals surface area contributed by atoms with Crippen molar-refractivity contribution in [1.29, 1.82) is 0 Å². The maximum atomic E-state index is 12.6. The number of carbonyl (C=O) groups excluding carboxylic acids is 1. The molecule has 162 valence electrons. The Morgan fingerprint density at radius 3 is 2.40 bits per heavy atom. The Hall–Kier alpha value is -3.23. The third kappa shape index (κ3) is 8.02. The van der Waals surface area contributed by atoms with E-state index in [1.54, 1.807) is 31.3 Å². The van der Waals surface area contributed by atoms with Crippen molar-refractivity contribution >= 4 is 17.6 Å². The van der Waals surface area contributed by atoms with Gasteiger partial charge >= 0.3 is 6.18 Å². The molecule has 0 aliphatic carbocycles. The Labute approximate surface area is 173 Å². The lowest BCUT2D eigenvalue weighted by atomic mass is 10.1. The Kier molecular flexibility index (Phi) is 8.52. The van der Waals surface area contributed by atoms with E-state index in [1.807, 2.05) is 0 Å². The van der Waals surface area contributed by atoms with E-state index in [0.29, 0.717) is 43.5 Å². The lowest BCUT2D eigenvalue weighted by Gasteiger charge is -2.13. The molecular weight excluding hydrogens is 397 g/mol. The molecule has 0 unspecified atom stereocenters. The fourth-order valence-corrected chi connectivity index (χ4v) is 2.61. The smallest absolute Gasteiger partial charge is 0.416 e. The topological polar surface area (TPSA) is 74.8 Å². The molecule has 9 heteroatoms. The zero-order valence-corrected chi connectivity index (χ0v) is 16.8. The molecule has 0 radical (unpaired) electrons. The number of amides is 1. The number of hydrogen-bond acceptors (Lipinski definition) is 3. The van der Waals surface area contributed by atoms with Gasteiger partial charge in [-0.05, 0) is 36.2 Å². The molecule has 3 N–H and O–H groups in total. The molecule has 2 aromatic rings. The van der Waals surface area contributed by atoms with Crippen molar-refractivity contribution in [1.82, 2.24) is 10.6 Å². The normalized spacial score (nSPS) is 11.7. The first-order chi connectivity index (χ1) is 14.3. The number of hydrogen-bond donors (Lipinski definition) is 3. The molecule has 0 saturated carbocycles. The molecule has 0 fully saturated rings. The highest BCUT2D eigenvalue weighted by Gasteiger charge is 2.29. The first-order valence-electron chi connectivity index (χ1n) is 9.39. The molecule has 0 spiro atoms. The van der Waals surface area contributed by atoms with E-state index in [9.17, 15) is 18.0 Å². The molecule has 0 atom stereocenters. The Morgan fingerprint density at radius 2 is 1.77 bits per heavy atom. The average Bonchev–Trinajstić information content (AvgIpc) is 2.69. The molecule has 6 nitrogen and oxygen atoms in total. The Morgan fingerprint density at radius 1 is 1.07 bits per heavy atom. The maximum Gasteiger partial charge on any atom is 0.416 e. The third-order valence-corrected chi connectivity index (χ3v) is 4.03. The molecule has 30 heavy (non-hydrogen) atoms. The quantitative estimate of drug-likeness (QED) is 0.346. The van der Waals surface area contributed by atoms with Gasteiger partial charge in [-0.1, -0.05) is 18.2 Å². The summed E-state index contributed by atoms with van der Waals surface area (Å²) in [6, 6.07) is 12.2. The number of carbonyl (C=O) groups is 1. The molecule has 0 saturated heterocycles. The van der Waals surface area contributed by atoms with Gasteiger partial charge in [0.1, 0.15) is 12.4 Å². The van der Waals surface area contributed by atoms with Crippen LogP contribution in [0.2, 0.25) is 0 Å². The van der Waals surface area contributed by atoms with E-state index < -0.39 is 11.7 Å². The minimum atomic E-state index is -4.32. The molecule has 0 aromatic heterocycles. The van der Waals surface area contributed by atoms with E-state index in [2.05, 4.69) is 20.9 Å². The molecule has 2 aromatic carbocycles. The lowest BCUT2D eigenvalue weighted by molar-refractivity contribution is -0.137. The summed E-state index contributed by atoms with van der Waals surface area (Å²) < 4.78 is 43.4. The predicted molar refractivity (Wildman–Crippen MR) is 111 cm³/mol. The maximum absolute atomic E-state index is 12.6. The summed E-state index contributed by atoms with van der Waals surface area (Å²) in [5.41, 5.74) is 0.807. The van der Waals surface area contributed by atoms with Gasteiger partial charge in [0.15, 0.2) is 5.96 Å². The van der Waals surface area contributed by atoms with E-state index in [-0.39, 0.29) is 5.91 Å². The second-order valence-electron chi connectivity index (χ2n) is 6.43. The van der Waals surface area contributed by atoms with E-state index in [1.165, 1.54) is 19.1 Å². The van der Waals surface area contributed by atoms with Crippen LogP contribution in [-0.4, -0.2) is 38.6 Å². The van der Waals surface area contributed by atoms with Crippen LogP contribution in [0.5, 0.6) is 5.75 Å². The van der Waals surface area contributed by atoms with Crippen molar-refractivity contribution in [2.45, 2.75) is 19.5 Å². The van der Waals surface area contributed by atoms with Crippen LogP contribution in [0.25, 0.3) is 0 Å². The highest BCUT2D eigenvalue weighted by molar-refractivity contribution is 5.88. The summed E-state index contributed by atoms with van der Waals surface area (Å²) in [5, 5.41) is 8.89. The van der Waals surface area contributed by atoms with Gasteiger partial charge in [0, 0.05) is 32.3 Å². The number of nitrogens with one attached hydrogen (secondary N) is 3. The number of nitrogens with zero attached hydrogens (tertiary/aromatic N) is 1. The van der Waals surface area contributed by atoms with E-state index in [0.717, 1.165) is 17.7 Å². The summed E-state index contributed by atoms with van der Waals surface area (Å²) >= 11 is 0. The van der Waals surface area contributed by atoms with E-state index >= 15 is 0 Å². The largest absolute Gasteiger partial charge is 0.492 e. The van der Waals surface area contributed by atoms with Crippen LogP contribution in [0.15, 0.2) is 53.5 Å². The number of ether oxygens (including phenoxy) is 1. The SMILES string of the molecule is CN=C(NCCOc1cccc(NC(C)=O)c1)NCCc1ccc(C(F)(F)F)cc1. The highest BCUT2D eigenvalue weighted by Crippen LogP contribution is 2.29. The van der Waals surface area contributed by atoms with Crippen LogP contribution in [0.3, 0.4) is 0 Å². The predicted octanol–water partition coefficient (Wildman–Crippen LogP) is 3.45. The minimum Gasteiger partial charge on any atom is -0.492 e. The standard InChI is InChI=1S/C21H25F3N4O2/c1-15(29)28-18-4-3-5-19(14-18)30-13-12-27-20(25-2)26-11-10-16-6-8-17(9-7-16)21(22,23)24/h3-9,14H,10-13H2,1-2H3,(H,28,29)(H2,25,26,27). The third-order valence-electron chi connectivity index (χ3n) is 4.03. The second-order valence-corrected chi connectivity index (χ2v) is 6.43. The van der Waals surface area contributed by atoms with Crippen LogP contribution in [0, 0.1) is 0 Å². The Bertz CT molecular complexity index is 852. The number of halogens is 3. The van der Waals surface area contributed by atoms with Crippen molar-refractivity contribution in [3.63, 3.8) is 0 Å². The number of benzene rings is 2. The van der Waals surface area contributed by atoms with Gasteiger partial charge in [-0.3, -0.25) is 9.79 Å². The van der Waals surface area contributed by atoms with Gasteiger partial charge in [0.05, 0.1) is 12.1 Å². The van der Waals surface area contributed by atoms with Gasteiger partial charge in [-0.15, -0.1) is 0 Å². The van der Waals surface area contributed by atoms with Crippen LogP contribution in [-0.2, 0) is 17.4 Å². The summed E-state index contributed by atoms with van der Waals surface area (Å²) in [6.45, 7) is 2.83. The lowest BCUT2D eigenvalue weighted by Crippen LogP contribution is -2.40. The zero-order valence-electron chi connectivity index (χ0n) is 16.8. The number of aliphatic imine (C=N–C) groups is 1. The fraction of sp³-hybridized carbons (Fsp3) is 0.333. The summed E-state index contributed by atoms with van der Waals surface area (Å²) in [4.78, 5) is 15.2. The summed E-state index contributed by atoms with van der Waals surface area (Å²) in [7, 11) is 1.63. The van der Waals surface area contributed by atoms with Crippen LogP contribution in [0.1, 0.15) is 18.1 Å². The molecule has 0 aliphatic rings. The molecule has 0 aliphatic heterocycles. The number of anilines is 1. The van der Waals surface area contributed by atoms with Crippen molar-refractivity contribution in [3.05, 3.63) is 59.7 Å². The first kappa shape index (κ1) is 23.1. The van der Waals surface area contributed by atoms with Gasteiger partial charge in [0.2, 0.25) is 5.91 Å². The van der Waals surface area contributed by atoms with Crippen LogP contribution < -0.4 is 20.7 Å². The van der Waals surface area contributed by atoms with Gasteiger partial charge in [0.25, 0.3) is 0 Å². The first-order valence-corrected chi connectivity index (χ1v) is 9.39. The highest BCUT2D eigenvalue weighted by atomic mass is 19.4. The monoisotopic (exact) mass is 422 g/mol. The average molecular weight is 422 g/mol. The van der Waals surface area contributed by atoms with Crippen LogP contribution in [0.4, 0.5) is 18.9 Å². The molecular formula is C21H25F3N4O2. The number of alkyl halides is 3. The molecule has 0 heterocycles.